The topological polar surface area (TPSA) is 395 Å². The van der Waals surface area contributed by atoms with E-state index in [0.717, 1.165) is 13.3 Å². The first-order valence-corrected chi connectivity index (χ1v) is 19.9. The van der Waals surface area contributed by atoms with E-state index in [9.17, 15) is 72.2 Å². The Kier molecular flexibility index (Phi) is 18.8. The Morgan fingerprint density at radius 3 is 2.04 bits per heavy atom. The fourth-order valence-electron chi connectivity index (χ4n) is 5.08. The van der Waals surface area contributed by atoms with Gasteiger partial charge in [-0.3, -0.25) is 42.6 Å². The first-order valence-electron chi connectivity index (χ1n) is 16.9. The maximum absolute atomic E-state index is 13.3. The minimum absolute atomic E-state index is 0.0137. The zero-order valence-corrected chi connectivity index (χ0v) is 32.1. The molecule has 2 rings (SSSR count). The number of carbonyl (C=O) groups excluding carboxylic acids is 7. The minimum atomic E-state index is -5.36. The van der Waals surface area contributed by atoms with E-state index >= 15 is 0 Å². The summed E-state index contributed by atoms with van der Waals surface area (Å²) < 4.78 is 31.6. The normalized spacial score (nSPS) is 17.3. The zero-order valence-electron chi connectivity index (χ0n) is 30.4. The average Bonchev–Trinajstić information content (AvgIpc) is 3.65. The lowest BCUT2D eigenvalue weighted by atomic mass is 10.0. The van der Waals surface area contributed by atoms with Crippen LogP contribution in [0.2, 0.25) is 0 Å². The first-order chi connectivity index (χ1) is 26.5. The lowest BCUT2D eigenvalue weighted by Gasteiger charge is -2.28. The van der Waals surface area contributed by atoms with Crippen molar-refractivity contribution in [2.75, 3.05) is 19.7 Å². The second-order valence-electron chi connectivity index (χ2n) is 12.6. The van der Waals surface area contributed by atoms with Gasteiger partial charge in [0.05, 0.1) is 37.8 Å². The van der Waals surface area contributed by atoms with Crippen LogP contribution in [0.15, 0.2) is 24.3 Å². The molecule has 6 amide bonds. The molecule has 25 nitrogen and oxygen atoms in total. The number of aliphatic carboxylic acids is 1. The largest absolute Gasteiger partial charge is 0.508 e. The number of carboxylic acids is 1. The van der Waals surface area contributed by atoms with E-state index < -0.39 is 119 Å². The van der Waals surface area contributed by atoms with Gasteiger partial charge in [0.2, 0.25) is 35.4 Å². The monoisotopic (exact) mass is 853 g/mol. The molecule has 0 aliphatic carbocycles. The third-order valence-electron chi connectivity index (χ3n) is 7.86. The van der Waals surface area contributed by atoms with Crippen LogP contribution in [0.25, 0.3) is 0 Å². The maximum atomic E-state index is 13.3. The Hall–Kier alpha value is -4.84. The third-order valence-corrected chi connectivity index (χ3v) is 8.95. The SMILES string of the molecule is C[C@H](NC(=O)[C@H](Cc1ccc(O)cc1)NC(=O)[C@@H]1CCCN1)C(=O)NCC(=O)N[C@@H](COP(=O)(O)O)C(=O)N[C@H](C(=O)N[C@H](C=O)CC(=O)O)[C@@H](C)OP(=O)(O)O. The summed E-state index contributed by atoms with van der Waals surface area (Å²) in [7, 11) is -10.7. The quantitative estimate of drug-likeness (QED) is 0.0365. The number of aromatic hydroxyl groups is 1. The van der Waals surface area contributed by atoms with Crippen molar-refractivity contribution >= 4 is 63.3 Å². The second kappa shape index (κ2) is 22.2. The minimum Gasteiger partial charge on any atom is -0.508 e. The number of phosphoric ester groups is 2. The lowest BCUT2D eigenvalue weighted by Crippen LogP contribution is -2.60. The van der Waals surface area contributed by atoms with Crippen LogP contribution in [-0.4, -0.2) is 140 Å². The van der Waals surface area contributed by atoms with Gasteiger partial charge in [-0.15, -0.1) is 0 Å². The molecule has 7 atom stereocenters. The van der Waals surface area contributed by atoms with Crippen molar-refractivity contribution in [2.45, 2.75) is 81.9 Å². The summed E-state index contributed by atoms with van der Waals surface area (Å²) >= 11 is 0. The van der Waals surface area contributed by atoms with Gasteiger partial charge in [0.1, 0.15) is 36.2 Å². The van der Waals surface area contributed by atoms with Crippen LogP contribution in [0.4, 0.5) is 0 Å². The standard InChI is InChI=1S/C30H45N7O18P2/c1-15(33-28(45)21(10-17-5-7-19(39)8-6-17)36-27(44)20-4-3-9-31-20)26(43)32-12-23(40)35-22(14-54-56(48,49)50)29(46)37-25(16(2)55-57(51,52)53)30(47)34-18(13-38)11-24(41)42/h5-8,13,15-16,18,20-22,25,31,39H,3-4,9-12,14H2,1-2H3,(H,32,43)(H,33,45)(H,34,47)(H,35,40)(H,36,44)(H,37,46)(H,41,42)(H2,48,49,50)(H2,51,52,53)/t15-,16+,18-,20-,21-,22-,25-/m0/s1. The van der Waals surface area contributed by atoms with E-state index in [1.807, 2.05) is 16.0 Å². The predicted molar refractivity (Wildman–Crippen MR) is 190 cm³/mol. The Labute approximate surface area is 323 Å². The maximum Gasteiger partial charge on any atom is 0.469 e. The molecule has 1 saturated heterocycles. The first kappa shape index (κ1) is 48.3. The molecule has 0 aromatic heterocycles. The highest BCUT2D eigenvalue weighted by Crippen LogP contribution is 2.38. The van der Waals surface area contributed by atoms with Crippen LogP contribution in [0, 0.1) is 0 Å². The smallest absolute Gasteiger partial charge is 0.469 e. The fraction of sp³-hybridized carbons (Fsp3) is 0.533. The van der Waals surface area contributed by atoms with Gasteiger partial charge in [-0.2, -0.15) is 0 Å². The fourth-order valence-corrected chi connectivity index (χ4v) is 5.98. The van der Waals surface area contributed by atoms with Crippen molar-refractivity contribution in [3.8, 4) is 5.75 Å². The van der Waals surface area contributed by atoms with E-state index in [1.54, 1.807) is 0 Å². The summed E-state index contributed by atoms with van der Waals surface area (Å²) in [6, 6.07) is -3.19. The number of aldehydes is 1. The van der Waals surface area contributed by atoms with E-state index in [2.05, 4.69) is 30.3 Å². The zero-order chi connectivity index (χ0) is 43.1. The number of hydrogen-bond donors (Lipinski definition) is 13. The van der Waals surface area contributed by atoms with Gasteiger partial charge in [-0.1, -0.05) is 12.1 Å². The number of hydrogen-bond acceptors (Lipinski definition) is 14. The lowest BCUT2D eigenvalue weighted by molar-refractivity contribution is -0.139. The molecular formula is C30H45N7O18P2. The molecule has 1 aromatic carbocycles. The number of carboxylic acid groups (broad SMARTS) is 1. The van der Waals surface area contributed by atoms with Crippen LogP contribution in [0.1, 0.15) is 38.7 Å². The van der Waals surface area contributed by atoms with Crippen LogP contribution in [-0.2, 0) is 63.0 Å². The van der Waals surface area contributed by atoms with Crippen molar-refractivity contribution < 1.29 is 86.3 Å². The van der Waals surface area contributed by atoms with Crippen molar-refractivity contribution in [3.05, 3.63) is 29.8 Å². The molecule has 0 radical (unpaired) electrons. The summed E-state index contributed by atoms with van der Waals surface area (Å²) in [5.74, 6) is -7.87. The predicted octanol–water partition coefficient (Wildman–Crippen LogP) is -4.47. The highest BCUT2D eigenvalue weighted by atomic mass is 31.2. The Bertz CT molecular complexity index is 1720. The van der Waals surface area contributed by atoms with E-state index in [1.165, 1.54) is 31.2 Å². The van der Waals surface area contributed by atoms with Gasteiger partial charge >= 0.3 is 21.6 Å². The van der Waals surface area contributed by atoms with Gasteiger partial charge in [0.25, 0.3) is 0 Å². The van der Waals surface area contributed by atoms with Crippen LogP contribution < -0.4 is 37.2 Å². The van der Waals surface area contributed by atoms with Crippen molar-refractivity contribution in [2.24, 2.45) is 0 Å². The number of phenols is 1. The molecular weight excluding hydrogens is 808 g/mol. The van der Waals surface area contributed by atoms with Crippen molar-refractivity contribution in [3.63, 3.8) is 0 Å². The van der Waals surface area contributed by atoms with Gasteiger partial charge in [0.15, 0.2) is 0 Å². The highest BCUT2D eigenvalue weighted by molar-refractivity contribution is 7.46. The Balaban J connectivity index is 2.15. The summed E-state index contributed by atoms with van der Waals surface area (Å²) in [6.07, 6.45) is -1.61. The number of phosphoric acid groups is 2. The van der Waals surface area contributed by atoms with E-state index in [0.29, 0.717) is 18.5 Å². The molecule has 0 saturated carbocycles. The molecule has 27 heteroatoms. The molecule has 0 spiro atoms. The Morgan fingerprint density at radius 2 is 1.49 bits per heavy atom. The molecule has 0 bridgehead atoms. The number of carbonyl (C=O) groups is 8. The molecule has 1 aliphatic rings. The van der Waals surface area contributed by atoms with Crippen LogP contribution >= 0.6 is 15.6 Å². The summed E-state index contributed by atoms with van der Waals surface area (Å²) in [4.78, 5) is 137. The number of rotatable bonds is 23. The molecule has 1 aliphatic heterocycles. The molecule has 1 fully saturated rings. The van der Waals surface area contributed by atoms with E-state index in [4.69, 9.17) is 5.11 Å². The second-order valence-corrected chi connectivity index (χ2v) is 15.0. The third kappa shape index (κ3) is 18.3. The van der Waals surface area contributed by atoms with Gasteiger partial charge < -0.3 is 71.8 Å². The number of nitrogens with one attached hydrogen (secondary N) is 7. The molecule has 1 heterocycles. The molecule has 13 N–H and O–H groups in total. The number of benzene rings is 1. The average molecular weight is 854 g/mol. The summed E-state index contributed by atoms with van der Waals surface area (Å²) in [5.41, 5.74) is 0.557. The molecule has 318 valence electrons. The molecule has 57 heavy (non-hydrogen) atoms. The van der Waals surface area contributed by atoms with Crippen LogP contribution in [0.5, 0.6) is 5.75 Å². The molecule has 1 aromatic rings. The summed E-state index contributed by atoms with van der Waals surface area (Å²) in [5, 5.41) is 34.6. The molecule has 0 unspecified atom stereocenters. The van der Waals surface area contributed by atoms with Crippen molar-refractivity contribution in [1.29, 1.82) is 0 Å². The van der Waals surface area contributed by atoms with E-state index in [-0.39, 0.29) is 18.5 Å². The van der Waals surface area contributed by atoms with Crippen LogP contribution in [0.3, 0.4) is 0 Å². The number of amides is 6. The van der Waals surface area contributed by atoms with Gasteiger partial charge in [0, 0.05) is 6.42 Å². The van der Waals surface area contributed by atoms with Crippen molar-refractivity contribution in [1.82, 2.24) is 37.2 Å². The summed E-state index contributed by atoms with van der Waals surface area (Å²) in [6.45, 7) is 0.500. The highest BCUT2D eigenvalue weighted by Gasteiger charge is 2.36. The van der Waals surface area contributed by atoms with Gasteiger partial charge in [-0.25, -0.2) is 9.13 Å². The van der Waals surface area contributed by atoms with Gasteiger partial charge in [-0.05, 0) is 50.9 Å². The number of phenolic OH excluding ortho intramolecular Hbond substituents is 1. The Morgan fingerprint density at radius 1 is 0.860 bits per heavy atom.